The van der Waals surface area contributed by atoms with Crippen LogP contribution in [0.4, 0.5) is 19.0 Å². The first-order valence-electron chi connectivity index (χ1n) is 9.86. The van der Waals surface area contributed by atoms with Gasteiger partial charge in [-0.1, -0.05) is 17.3 Å². The molecule has 2 aromatic heterocycles. The van der Waals surface area contributed by atoms with Crippen LogP contribution < -0.4 is 14.4 Å². The minimum Gasteiger partial charge on any atom is -0.493 e. The number of carbonyl (C=O) groups is 1. The van der Waals surface area contributed by atoms with Crippen molar-refractivity contribution in [1.29, 1.82) is 0 Å². The van der Waals surface area contributed by atoms with Crippen molar-refractivity contribution in [2.24, 2.45) is 0 Å². The standard InChI is InChI=1S/C21H21F3N4O4/c1-12-10-18-27(9-8-17(21(22,23)24)28(18)25-12)20(29)19-14(13(2)32-26-19)11-31-16-7-5-4-6-15(16)30-3/h4-7,10,17H,8-9,11H2,1-3H3. The lowest BCUT2D eigenvalue weighted by Gasteiger charge is -2.33. The summed E-state index contributed by atoms with van der Waals surface area (Å²) in [6, 6.07) is 6.68. The van der Waals surface area contributed by atoms with Crippen molar-refractivity contribution in [3.63, 3.8) is 0 Å². The Kier molecular flexibility index (Phi) is 5.57. The Hall–Kier alpha value is -3.50. The molecule has 0 saturated carbocycles. The molecular weight excluding hydrogens is 429 g/mol. The molecule has 3 heterocycles. The highest BCUT2D eigenvalue weighted by molar-refractivity contribution is 6.05. The predicted molar refractivity (Wildman–Crippen MR) is 107 cm³/mol. The highest BCUT2D eigenvalue weighted by Gasteiger charge is 2.46. The van der Waals surface area contributed by atoms with Crippen LogP contribution in [0.2, 0.25) is 0 Å². The molecule has 8 nitrogen and oxygen atoms in total. The lowest BCUT2D eigenvalue weighted by molar-refractivity contribution is -0.172. The summed E-state index contributed by atoms with van der Waals surface area (Å²) in [5.74, 6) is 0.843. The topological polar surface area (TPSA) is 82.6 Å². The first-order valence-corrected chi connectivity index (χ1v) is 9.86. The van der Waals surface area contributed by atoms with Crippen molar-refractivity contribution in [3.05, 3.63) is 53.0 Å². The summed E-state index contributed by atoms with van der Waals surface area (Å²) in [6.45, 7) is 3.05. The smallest absolute Gasteiger partial charge is 0.410 e. The van der Waals surface area contributed by atoms with E-state index in [2.05, 4.69) is 10.3 Å². The van der Waals surface area contributed by atoms with E-state index in [1.165, 1.54) is 18.1 Å². The second-order valence-electron chi connectivity index (χ2n) is 7.40. The number of para-hydroxylation sites is 2. The van der Waals surface area contributed by atoms with Gasteiger partial charge in [0.2, 0.25) is 0 Å². The largest absolute Gasteiger partial charge is 0.493 e. The second-order valence-corrected chi connectivity index (χ2v) is 7.40. The Labute approximate surface area is 181 Å². The van der Waals surface area contributed by atoms with Gasteiger partial charge in [0, 0.05) is 12.6 Å². The number of alkyl halides is 3. The average molecular weight is 450 g/mol. The van der Waals surface area contributed by atoms with Crippen molar-refractivity contribution in [2.75, 3.05) is 18.6 Å². The Morgan fingerprint density at radius 1 is 1.25 bits per heavy atom. The van der Waals surface area contributed by atoms with Crippen LogP contribution in [0.15, 0.2) is 34.9 Å². The fraction of sp³-hybridized carbons (Fsp3) is 0.381. The van der Waals surface area contributed by atoms with E-state index < -0.39 is 18.1 Å². The van der Waals surface area contributed by atoms with Crippen LogP contribution in [0.5, 0.6) is 11.5 Å². The van der Waals surface area contributed by atoms with Crippen molar-refractivity contribution in [3.8, 4) is 11.5 Å². The van der Waals surface area contributed by atoms with Crippen LogP contribution in [0.1, 0.15) is 40.0 Å². The van der Waals surface area contributed by atoms with Gasteiger partial charge in [-0.05, 0) is 32.4 Å². The monoisotopic (exact) mass is 450 g/mol. The molecule has 1 aromatic carbocycles. The number of carbonyl (C=O) groups excluding carboxylic acids is 1. The van der Waals surface area contributed by atoms with Gasteiger partial charge in [-0.15, -0.1) is 0 Å². The molecule has 3 aromatic rings. The van der Waals surface area contributed by atoms with Crippen molar-refractivity contribution < 1.29 is 32.0 Å². The summed E-state index contributed by atoms with van der Waals surface area (Å²) in [4.78, 5) is 14.5. The summed E-state index contributed by atoms with van der Waals surface area (Å²) in [7, 11) is 1.51. The van der Waals surface area contributed by atoms with E-state index in [0.717, 1.165) is 4.68 Å². The van der Waals surface area contributed by atoms with Crippen LogP contribution in [-0.2, 0) is 6.61 Å². The van der Waals surface area contributed by atoms with E-state index in [0.29, 0.717) is 28.5 Å². The molecule has 0 bridgehead atoms. The van der Waals surface area contributed by atoms with E-state index in [1.54, 1.807) is 38.1 Å². The van der Waals surface area contributed by atoms with Crippen LogP contribution in [0.3, 0.4) is 0 Å². The number of nitrogens with zero attached hydrogens (tertiary/aromatic N) is 4. The van der Waals surface area contributed by atoms with Crippen molar-refractivity contribution in [2.45, 2.75) is 39.1 Å². The van der Waals surface area contributed by atoms with Gasteiger partial charge < -0.3 is 14.0 Å². The van der Waals surface area contributed by atoms with E-state index in [4.69, 9.17) is 14.0 Å². The first-order chi connectivity index (χ1) is 15.2. The third kappa shape index (κ3) is 3.90. The van der Waals surface area contributed by atoms with Gasteiger partial charge in [-0.2, -0.15) is 18.3 Å². The molecule has 0 spiro atoms. The van der Waals surface area contributed by atoms with Gasteiger partial charge in [0.1, 0.15) is 18.2 Å². The SMILES string of the molecule is COc1ccccc1OCc1c(C(=O)N2CCC(C(F)(F)F)n3nc(C)cc32)noc1C. The molecule has 1 aliphatic rings. The lowest BCUT2D eigenvalue weighted by atomic mass is 10.1. The Morgan fingerprint density at radius 2 is 1.97 bits per heavy atom. The maximum absolute atomic E-state index is 13.5. The summed E-state index contributed by atoms with van der Waals surface area (Å²) in [5.41, 5.74) is 0.764. The number of aryl methyl sites for hydroxylation is 2. The Balaban J connectivity index is 1.62. The fourth-order valence-electron chi connectivity index (χ4n) is 3.68. The third-order valence-electron chi connectivity index (χ3n) is 5.29. The summed E-state index contributed by atoms with van der Waals surface area (Å²) < 4.78 is 57.5. The lowest BCUT2D eigenvalue weighted by Crippen LogP contribution is -2.43. The molecule has 0 radical (unpaired) electrons. The van der Waals surface area contributed by atoms with Crippen LogP contribution >= 0.6 is 0 Å². The fourth-order valence-corrected chi connectivity index (χ4v) is 3.68. The number of anilines is 1. The average Bonchev–Trinajstić information content (AvgIpc) is 3.32. The highest BCUT2D eigenvalue weighted by Crippen LogP contribution is 2.40. The number of amides is 1. The number of ether oxygens (including phenoxy) is 2. The molecule has 32 heavy (non-hydrogen) atoms. The molecule has 1 amide bonds. The van der Waals surface area contributed by atoms with Crippen molar-refractivity contribution in [1.82, 2.24) is 14.9 Å². The quantitative estimate of drug-likeness (QED) is 0.579. The summed E-state index contributed by atoms with van der Waals surface area (Å²) in [6.07, 6.45) is -4.78. The van der Waals surface area contributed by atoms with Gasteiger partial charge >= 0.3 is 6.18 Å². The maximum atomic E-state index is 13.5. The zero-order chi connectivity index (χ0) is 23.0. The minimum atomic E-state index is -4.47. The number of halogens is 3. The third-order valence-corrected chi connectivity index (χ3v) is 5.29. The van der Waals surface area contributed by atoms with Gasteiger partial charge in [0.25, 0.3) is 5.91 Å². The zero-order valence-corrected chi connectivity index (χ0v) is 17.6. The van der Waals surface area contributed by atoms with Gasteiger partial charge in [-0.25, -0.2) is 4.68 Å². The molecule has 11 heteroatoms. The Bertz CT molecular complexity index is 1140. The van der Waals surface area contributed by atoms with Gasteiger partial charge in [0.05, 0.1) is 18.4 Å². The van der Waals surface area contributed by atoms with Crippen LogP contribution in [0, 0.1) is 13.8 Å². The van der Waals surface area contributed by atoms with E-state index in [9.17, 15) is 18.0 Å². The first kappa shape index (κ1) is 21.7. The summed E-state index contributed by atoms with van der Waals surface area (Å²) >= 11 is 0. The molecule has 1 unspecified atom stereocenters. The highest BCUT2D eigenvalue weighted by atomic mass is 19.4. The molecule has 1 aliphatic heterocycles. The van der Waals surface area contributed by atoms with Crippen LogP contribution in [-0.4, -0.2) is 40.7 Å². The predicted octanol–water partition coefficient (Wildman–Crippen LogP) is 4.23. The second kappa shape index (κ2) is 8.21. The molecule has 0 aliphatic carbocycles. The molecule has 4 rings (SSSR count). The van der Waals surface area contributed by atoms with Gasteiger partial charge in [-0.3, -0.25) is 9.69 Å². The minimum absolute atomic E-state index is 0.0201. The number of fused-ring (bicyclic) bond motifs is 1. The zero-order valence-electron chi connectivity index (χ0n) is 17.6. The molecule has 0 N–H and O–H groups in total. The number of methoxy groups -OCH3 is 1. The van der Waals surface area contributed by atoms with E-state index in [1.807, 2.05) is 0 Å². The molecule has 170 valence electrons. The molecular formula is C21H21F3N4O4. The summed E-state index contributed by atoms with van der Waals surface area (Å²) in [5, 5.41) is 7.83. The number of rotatable bonds is 5. The molecule has 0 fully saturated rings. The van der Waals surface area contributed by atoms with Crippen LogP contribution in [0.25, 0.3) is 0 Å². The number of aromatic nitrogens is 3. The van der Waals surface area contributed by atoms with E-state index >= 15 is 0 Å². The van der Waals surface area contributed by atoms with Gasteiger partial charge in [0.15, 0.2) is 23.2 Å². The number of hydrogen-bond donors (Lipinski definition) is 0. The normalized spacial score (nSPS) is 16.1. The maximum Gasteiger partial charge on any atom is 0.410 e. The van der Waals surface area contributed by atoms with Crippen molar-refractivity contribution >= 4 is 11.7 Å². The molecule has 1 atom stereocenters. The number of benzene rings is 1. The van der Waals surface area contributed by atoms with E-state index in [-0.39, 0.29) is 31.1 Å². The molecule has 0 saturated heterocycles. The number of hydrogen-bond acceptors (Lipinski definition) is 6. The Morgan fingerprint density at radius 3 is 2.66 bits per heavy atom.